The van der Waals surface area contributed by atoms with E-state index in [1.165, 1.54) is 5.56 Å². The summed E-state index contributed by atoms with van der Waals surface area (Å²) in [7, 11) is 0. The van der Waals surface area contributed by atoms with Crippen molar-refractivity contribution in [3.8, 4) is 5.75 Å². The Morgan fingerprint density at radius 3 is 2.53 bits per heavy atom. The maximum absolute atomic E-state index is 8.69. The van der Waals surface area contributed by atoms with Gasteiger partial charge in [0.2, 0.25) is 0 Å². The van der Waals surface area contributed by atoms with Crippen molar-refractivity contribution >= 4 is 0 Å². The largest absolute Gasteiger partial charge is 0.494 e. The summed E-state index contributed by atoms with van der Waals surface area (Å²) in [4.78, 5) is 0. The molecule has 0 fully saturated rings. The van der Waals surface area contributed by atoms with E-state index in [0.717, 1.165) is 5.75 Å². The van der Waals surface area contributed by atoms with Crippen LogP contribution in [0.3, 0.4) is 0 Å². The fourth-order valence-corrected chi connectivity index (χ4v) is 1.42. The van der Waals surface area contributed by atoms with Gasteiger partial charge >= 0.3 is 0 Å². The van der Waals surface area contributed by atoms with Gasteiger partial charge in [-0.2, -0.15) is 0 Å². The van der Waals surface area contributed by atoms with Gasteiger partial charge in [-0.1, -0.05) is 12.1 Å². The summed E-state index contributed by atoms with van der Waals surface area (Å²) in [5.74, 6) is 0.899. The SMILES string of the molecule is CCOc1ccc(C(C)NCCO)cc1. The zero-order valence-electron chi connectivity index (χ0n) is 9.36. The van der Waals surface area contributed by atoms with Crippen LogP contribution in [0.1, 0.15) is 25.5 Å². The van der Waals surface area contributed by atoms with Crippen LogP contribution in [0.15, 0.2) is 24.3 Å². The fourth-order valence-electron chi connectivity index (χ4n) is 1.42. The van der Waals surface area contributed by atoms with Gasteiger partial charge in [-0.15, -0.1) is 0 Å². The first-order valence-electron chi connectivity index (χ1n) is 5.35. The third-order valence-electron chi connectivity index (χ3n) is 2.25. The van der Waals surface area contributed by atoms with Crippen LogP contribution in [0.4, 0.5) is 0 Å². The fraction of sp³-hybridized carbons (Fsp3) is 0.500. The quantitative estimate of drug-likeness (QED) is 0.749. The van der Waals surface area contributed by atoms with Crippen LogP contribution < -0.4 is 10.1 Å². The second-order valence-electron chi connectivity index (χ2n) is 3.40. The molecule has 0 aliphatic rings. The normalized spacial score (nSPS) is 12.5. The average molecular weight is 209 g/mol. The highest BCUT2D eigenvalue weighted by Gasteiger charge is 2.03. The van der Waals surface area contributed by atoms with Crippen LogP contribution >= 0.6 is 0 Å². The summed E-state index contributed by atoms with van der Waals surface area (Å²) < 4.78 is 5.36. The first-order chi connectivity index (χ1) is 7.27. The Kier molecular flexibility index (Phi) is 5.15. The van der Waals surface area contributed by atoms with Gasteiger partial charge in [0.15, 0.2) is 0 Å². The maximum Gasteiger partial charge on any atom is 0.119 e. The van der Waals surface area contributed by atoms with E-state index in [2.05, 4.69) is 12.2 Å². The molecule has 1 rings (SSSR count). The summed E-state index contributed by atoms with van der Waals surface area (Å²) in [5, 5.41) is 11.9. The molecule has 0 saturated carbocycles. The smallest absolute Gasteiger partial charge is 0.119 e. The van der Waals surface area contributed by atoms with Crippen molar-refractivity contribution in [2.45, 2.75) is 19.9 Å². The Labute approximate surface area is 91.1 Å². The lowest BCUT2D eigenvalue weighted by Crippen LogP contribution is -2.21. The Bertz CT molecular complexity index is 271. The third kappa shape index (κ3) is 3.90. The molecule has 3 heteroatoms. The molecular formula is C12H19NO2. The van der Waals surface area contributed by atoms with Gasteiger partial charge < -0.3 is 15.2 Å². The van der Waals surface area contributed by atoms with Crippen LogP contribution in [-0.2, 0) is 0 Å². The van der Waals surface area contributed by atoms with Gasteiger partial charge in [0, 0.05) is 12.6 Å². The summed E-state index contributed by atoms with van der Waals surface area (Å²) in [6.45, 7) is 5.53. The molecule has 0 spiro atoms. The molecule has 0 saturated heterocycles. The molecule has 84 valence electrons. The number of ether oxygens (including phenoxy) is 1. The molecule has 0 aliphatic heterocycles. The molecule has 2 N–H and O–H groups in total. The second kappa shape index (κ2) is 6.43. The Morgan fingerprint density at radius 2 is 2.00 bits per heavy atom. The first kappa shape index (κ1) is 12.0. The van der Waals surface area contributed by atoms with E-state index in [0.29, 0.717) is 13.2 Å². The average Bonchev–Trinajstić information content (AvgIpc) is 2.27. The maximum atomic E-state index is 8.69. The molecule has 0 aromatic heterocycles. The lowest BCUT2D eigenvalue weighted by atomic mass is 10.1. The van der Waals surface area contributed by atoms with Gasteiger partial charge in [0.25, 0.3) is 0 Å². The number of aliphatic hydroxyl groups is 1. The first-order valence-corrected chi connectivity index (χ1v) is 5.35. The zero-order chi connectivity index (χ0) is 11.1. The van der Waals surface area contributed by atoms with Crippen molar-refractivity contribution in [2.75, 3.05) is 19.8 Å². The topological polar surface area (TPSA) is 41.5 Å². The van der Waals surface area contributed by atoms with Crippen LogP contribution in [0, 0.1) is 0 Å². The molecule has 0 aliphatic carbocycles. The molecule has 3 nitrogen and oxygen atoms in total. The van der Waals surface area contributed by atoms with E-state index < -0.39 is 0 Å². The van der Waals surface area contributed by atoms with Crippen LogP contribution in [0.2, 0.25) is 0 Å². The van der Waals surface area contributed by atoms with E-state index >= 15 is 0 Å². The number of aliphatic hydroxyl groups excluding tert-OH is 1. The highest BCUT2D eigenvalue weighted by molar-refractivity contribution is 5.28. The molecule has 0 radical (unpaired) electrons. The minimum absolute atomic E-state index is 0.168. The lowest BCUT2D eigenvalue weighted by molar-refractivity contribution is 0.286. The Balaban J connectivity index is 2.54. The number of hydrogen-bond donors (Lipinski definition) is 2. The van der Waals surface area contributed by atoms with Crippen LogP contribution in [0.25, 0.3) is 0 Å². The van der Waals surface area contributed by atoms with Gasteiger partial charge in [-0.25, -0.2) is 0 Å². The van der Waals surface area contributed by atoms with Crippen LogP contribution in [0.5, 0.6) is 5.75 Å². The van der Waals surface area contributed by atoms with Crippen molar-refractivity contribution in [1.29, 1.82) is 0 Å². The highest BCUT2D eigenvalue weighted by atomic mass is 16.5. The van der Waals surface area contributed by atoms with Gasteiger partial charge in [-0.05, 0) is 31.5 Å². The molecule has 1 aromatic rings. The Hall–Kier alpha value is -1.06. The standard InChI is InChI=1S/C12H19NO2/c1-3-15-12-6-4-11(5-7-12)10(2)13-8-9-14/h4-7,10,13-14H,3,8-9H2,1-2H3. The molecular weight excluding hydrogens is 190 g/mol. The van der Waals surface area contributed by atoms with Gasteiger partial charge in [0.1, 0.15) is 5.75 Å². The molecule has 1 atom stereocenters. The van der Waals surface area contributed by atoms with E-state index in [9.17, 15) is 0 Å². The number of benzene rings is 1. The molecule has 0 bridgehead atoms. The molecule has 15 heavy (non-hydrogen) atoms. The van der Waals surface area contributed by atoms with Crippen LogP contribution in [-0.4, -0.2) is 24.9 Å². The van der Waals surface area contributed by atoms with E-state index in [4.69, 9.17) is 9.84 Å². The molecule has 0 amide bonds. The monoisotopic (exact) mass is 209 g/mol. The lowest BCUT2D eigenvalue weighted by Gasteiger charge is -2.13. The highest BCUT2D eigenvalue weighted by Crippen LogP contribution is 2.17. The Morgan fingerprint density at radius 1 is 1.33 bits per heavy atom. The number of hydrogen-bond acceptors (Lipinski definition) is 3. The van der Waals surface area contributed by atoms with Crippen molar-refractivity contribution in [3.05, 3.63) is 29.8 Å². The predicted octanol–water partition coefficient (Wildman–Crippen LogP) is 1.73. The third-order valence-corrected chi connectivity index (χ3v) is 2.25. The second-order valence-corrected chi connectivity index (χ2v) is 3.40. The summed E-state index contributed by atoms with van der Waals surface area (Å²) in [5.41, 5.74) is 1.20. The minimum atomic E-state index is 0.168. The van der Waals surface area contributed by atoms with Gasteiger partial charge in [-0.3, -0.25) is 0 Å². The van der Waals surface area contributed by atoms with E-state index in [1.54, 1.807) is 0 Å². The van der Waals surface area contributed by atoms with Crippen molar-refractivity contribution in [3.63, 3.8) is 0 Å². The van der Waals surface area contributed by atoms with Crippen molar-refractivity contribution in [2.24, 2.45) is 0 Å². The van der Waals surface area contributed by atoms with Crippen molar-refractivity contribution in [1.82, 2.24) is 5.32 Å². The summed E-state index contributed by atoms with van der Waals surface area (Å²) in [6, 6.07) is 8.28. The molecule has 0 heterocycles. The van der Waals surface area contributed by atoms with E-state index in [1.807, 2.05) is 31.2 Å². The summed E-state index contributed by atoms with van der Waals surface area (Å²) >= 11 is 0. The zero-order valence-corrected chi connectivity index (χ0v) is 9.36. The molecule has 1 unspecified atom stereocenters. The van der Waals surface area contributed by atoms with Gasteiger partial charge in [0.05, 0.1) is 13.2 Å². The number of rotatable bonds is 6. The van der Waals surface area contributed by atoms with Crippen molar-refractivity contribution < 1.29 is 9.84 Å². The van der Waals surface area contributed by atoms with E-state index in [-0.39, 0.29) is 12.6 Å². The minimum Gasteiger partial charge on any atom is -0.494 e. The number of nitrogens with one attached hydrogen (secondary N) is 1. The summed E-state index contributed by atoms with van der Waals surface area (Å²) in [6.07, 6.45) is 0. The predicted molar refractivity (Wildman–Crippen MR) is 61.1 cm³/mol. The molecule has 1 aromatic carbocycles.